The molecule has 0 saturated carbocycles. The van der Waals surface area contributed by atoms with Crippen molar-refractivity contribution in [1.29, 1.82) is 0 Å². The van der Waals surface area contributed by atoms with Crippen LogP contribution >= 0.6 is 0 Å². The summed E-state index contributed by atoms with van der Waals surface area (Å²) >= 11 is 0. The summed E-state index contributed by atoms with van der Waals surface area (Å²) in [5, 5.41) is 38.6. The molecule has 2 aromatic carbocycles. The molecule has 24 heavy (non-hydrogen) atoms. The summed E-state index contributed by atoms with van der Waals surface area (Å²) in [7, 11) is 0. The van der Waals surface area contributed by atoms with Gasteiger partial charge in [0.2, 0.25) is 0 Å². The van der Waals surface area contributed by atoms with Gasteiger partial charge in [0.25, 0.3) is 0 Å². The molecule has 0 spiro atoms. The van der Waals surface area contributed by atoms with Crippen molar-refractivity contribution < 1.29 is 15.3 Å². The van der Waals surface area contributed by atoms with Crippen LogP contribution in [0.2, 0.25) is 0 Å². The van der Waals surface area contributed by atoms with Crippen molar-refractivity contribution in [3.05, 3.63) is 71.8 Å². The number of anilines is 1. The Kier molecular flexibility index (Phi) is 4.41. The zero-order chi connectivity index (χ0) is 17.1. The van der Waals surface area contributed by atoms with Crippen molar-refractivity contribution >= 4 is 5.82 Å². The van der Waals surface area contributed by atoms with Gasteiger partial charge < -0.3 is 21.1 Å². The number of para-hydroxylation sites is 1. The van der Waals surface area contributed by atoms with E-state index in [9.17, 15) is 15.3 Å². The normalized spacial score (nSPS) is 13.4. The summed E-state index contributed by atoms with van der Waals surface area (Å²) in [5.41, 5.74) is 7.45. The number of rotatable bonds is 4. The van der Waals surface area contributed by atoms with Crippen molar-refractivity contribution in [3.63, 3.8) is 0 Å². The Hall–Kier alpha value is -2.96. The first kappa shape index (κ1) is 15.9. The average molecular weight is 323 g/mol. The Bertz CT molecular complexity index is 840. The minimum absolute atomic E-state index is 0.0247. The number of aromatic hydroxyl groups is 1. The molecule has 0 amide bonds. The van der Waals surface area contributed by atoms with E-state index in [0.29, 0.717) is 16.8 Å². The molecule has 3 rings (SSSR count). The Morgan fingerprint density at radius 1 is 0.833 bits per heavy atom. The monoisotopic (exact) mass is 323 g/mol. The molecule has 2 unspecified atom stereocenters. The number of phenolic OH excluding ortho intramolecular Hbond substituents is 1. The summed E-state index contributed by atoms with van der Waals surface area (Å²) in [6.45, 7) is 0. The molecule has 0 radical (unpaired) electrons. The molecule has 1 aromatic heterocycles. The zero-order valence-electron chi connectivity index (χ0n) is 12.7. The number of aliphatic hydroxyl groups excluding tert-OH is 2. The summed E-state index contributed by atoms with van der Waals surface area (Å²) in [6.07, 6.45) is -2.43. The molecule has 0 bridgehead atoms. The fourth-order valence-electron chi connectivity index (χ4n) is 2.48. The van der Waals surface area contributed by atoms with Crippen LogP contribution in [0, 0.1) is 0 Å². The Labute approximate surface area is 138 Å². The van der Waals surface area contributed by atoms with Crippen LogP contribution in [-0.4, -0.2) is 25.5 Å². The third-order valence-electron chi connectivity index (χ3n) is 3.79. The van der Waals surface area contributed by atoms with E-state index >= 15 is 0 Å². The molecule has 2 atom stereocenters. The van der Waals surface area contributed by atoms with Gasteiger partial charge in [-0.2, -0.15) is 0 Å². The molecule has 1 heterocycles. The molecule has 0 saturated heterocycles. The third kappa shape index (κ3) is 3.05. The number of phenols is 1. The lowest BCUT2D eigenvalue weighted by molar-refractivity contribution is 0.0175. The standard InChI is InChI=1S/C18H17N3O3/c19-18-13(17(24)16(23)11-6-2-1-3-7-11)10-14(20-21-18)12-8-4-5-9-15(12)22/h1-10,16-17,22-24H,(H2,19,21). The van der Waals surface area contributed by atoms with E-state index < -0.39 is 12.2 Å². The van der Waals surface area contributed by atoms with Gasteiger partial charge in [0, 0.05) is 11.1 Å². The van der Waals surface area contributed by atoms with Crippen LogP contribution in [0.15, 0.2) is 60.7 Å². The summed E-state index contributed by atoms with van der Waals surface area (Å²) < 4.78 is 0. The predicted molar refractivity (Wildman–Crippen MR) is 89.9 cm³/mol. The second-order valence-corrected chi connectivity index (χ2v) is 5.39. The van der Waals surface area contributed by atoms with Crippen molar-refractivity contribution in [2.24, 2.45) is 0 Å². The highest BCUT2D eigenvalue weighted by Gasteiger charge is 2.24. The minimum Gasteiger partial charge on any atom is -0.507 e. The van der Waals surface area contributed by atoms with E-state index in [0.717, 1.165) is 0 Å². The molecule has 0 aliphatic rings. The Morgan fingerprint density at radius 3 is 2.21 bits per heavy atom. The third-order valence-corrected chi connectivity index (χ3v) is 3.79. The summed E-state index contributed by atoms with van der Waals surface area (Å²) in [5.74, 6) is 0.0669. The van der Waals surface area contributed by atoms with Gasteiger partial charge in [0.05, 0.1) is 5.69 Å². The smallest absolute Gasteiger partial charge is 0.152 e. The molecule has 0 fully saturated rings. The van der Waals surface area contributed by atoms with E-state index in [1.54, 1.807) is 42.5 Å². The van der Waals surface area contributed by atoms with Crippen LogP contribution in [0.4, 0.5) is 5.82 Å². The van der Waals surface area contributed by atoms with Crippen LogP contribution in [0.3, 0.4) is 0 Å². The lowest BCUT2D eigenvalue weighted by Gasteiger charge is -2.20. The predicted octanol–water partition coefficient (Wildman–Crippen LogP) is 2.20. The van der Waals surface area contributed by atoms with Crippen LogP contribution in [-0.2, 0) is 0 Å². The van der Waals surface area contributed by atoms with E-state index in [1.807, 2.05) is 6.07 Å². The van der Waals surface area contributed by atoms with Crippen LogP contribution < -0.4 is 5.73 Å². The van der Waals surface area contributed by atoms with Gasteiger partial charge in [-0.25, -0.2) is 0 Å². The number of benzene rings is 2. The number of aromatic nitrogens is 2. The second-order valence-electron chi connectivity index (χ2n) is 5.39. The molecular weight excluding hydrogens is 306 g/mol. The number of nitrogens with two attached hydrogens (primary N) is 1. The number of hydrogen-bond donors (Lipinski definition) is 4. The lowest BCUT2D eigenvalue weighted by atomic mass is 9.97. The lowest BCUT2D eigenvalue weighted by Crippen LogP contribution is -2.14. The zero-order valence-corrected chi connectivity index (χ0v) is 12.7. The van der Waals surface area contributed by atoms with Crippen LogP contribution in [0.25, 0.3) is 11.3 Å². The van der Waals surface area contributed by atoms with E-state index in [2.05, 4.69) is 10.2 Å². The topological polar surface area (TPSA) is 112 Å². The SMILES string of the molecule is Nc1nnc(-c2ccccc2O)cc1C(O)C(O)c1ccccc1. The Morgan fingerprint density at radius 2 is 1.50 bits per heavy atom. The van der Waals surface area contributed by atoms with Crippen molar-refractivity contribution in [2.45, 2.75) is 12.2 Å². The fourth-order valence-corrected chi connectivity index (χ4v) is 2.48. The number of aliphatic hydroxyl groups is 2. The van der Waals surface area contributed by atoms with Crippen molar-refractivity contribution in [1.82, 2.24) is 10.2 Å². The van der Waals surface area contributed by atoms with Gasteiger partial charge in [0.15, 0.2) is 5.82 Å². The summed E-state index contributed by atoms with van der Waals surface area (Å²) in [6, 6.07) is 17.0. The molecule has 3 aromatic rings. The van der Waals surface area contributed by atoms with Crippen LogP contribution in [0.5, 0.6) is 5.75 Å². The summed E-state index contributed by atoms with van der Waals surface area (Å²) in [4.78, 5) is 0. The molecule has 5 N–H and O–H groups in total. The molecule has 0 aliphatic heterocycles. The van der Waals surface area contributed by atoms with E-state index in [4.69, 9.17) is 5.73 Å². The van der Waals surface area contributed by atoms with Gasteiger partial charge in [-0.05, 0) is 23.8 Å². The maximum absolute atomic E-state index is 10.5. The largest absolute Gasteiger partial charge is 0.507 e. The Balaban J connectivity index is 1.99. The number of nitrogen functional groups attached to an aromatic ring is 1. The maximum atomic E-state index is 10.5. The quantitative estimate of drug-likeness (QED) is 0.585. The van der Waals surface area contributed by atoms with E-state index in [-0.39, 0.29) is 17.1 Å². The first-order chi connectivity index (χ1) is 11.6. The minimum atomic E-state index is -1.27. The van der Waals surface area contributed by atoms with Crippen molar-refractivity contribution in [2.75, 3.05) is 5.73 Å². The first-order valence-corrected chi connectivity index (χ1v) is 7.40. The van der Waals surface area contributed by atoms with Gasteiger partial charge in [-0.15, -0.1) is 10.2 Å². The van der Waals surface area contributed by atoms with Crippen molar-refractivity contribution in [3.8, 4) is 17.0 Å². The number of nitrogens with zero attached hydrogens (tertiary/aromatic N) is 2. The maximum Gasteiger partial charge on any atom is 0.152 e. The van der Waals surface area contributed by atoms with Crippen LogP contribution in [0.1, 0.15) is 23.3 Å². The number of hydrogen-bond acceptors (Lipinski definition) is 6. The fraction of sp³-hybridized carbons (Fsp3) is 0.111. The molecule has 6 heteroatoms. The van der Waals surface area contributed by atoms with Gasteiger partial charge in [0.1, 0.15) is 18.0 Å². The van der Waals surface area contributed by atoms with Gasteiger partial charge in [-0.1, -0.05) is 42.5 Å². The highest BCUT2D eigenvalue weighted by molar-refractivity contribution is 5.67. The molecule has 122 valence electrons. The van der Waals surface area contributed by atoms with E-state index in [1.165, 1.54) is 12.1 Å². The molecular formula is C18H17N3O3. The highest BCUT2D eigenvalue weighted by atomic mass is 16.3. The van der Waals surface area contributed by atoms with Gasteiger partial charge in [-0.3, -0.25) is 0 Å². The molecule has 6 nitrogen and oxygen atoms in total. The highest BCUT2D eigenvalue weighted by Crippen LogP contribution is 2.34. The first-order valence-electron chi connectivity index (χ1n) is 7.40. The van der Waals surface area contributed by atoms with Gasteiger partial charge >= 0.3 is 0 Å². The average Bonchev–Trinajstić information content (AvgIpc) is 2.62. The second kappa shape index (κ2) is 6.66. The molecule has 0 aliphatic carbocycles.